The zero-order valence-electron chi connectivity index (χ0n) is 24.5. The summed E-state index contributed by atoms with van der Waals surface area (Å²) in [6, 6.07) is 18.2. The SMILES string of the molecule is Cc1ccc(NC(=O)c2ccc3c(c2)CC[C@@H]3N2CCN(C)CC2)cc1Nc1nccc(-c2cccnc2)n1.O=S(=O)(O)O. The van der Waals surface area contributed by atoms with E-state index in [4.69, 9.17) is 17.5 Å². The highest BCUT2D eigenvalue weighted by Gasteiger charge is 2.30. The second-order valence-electron chi connectivity index (χ2n) is 10.9. The van der Waals surface area contributed by atoms with Crippen molar-refractivity contribution in [3.05, 3.63) is 95.4 Å². The van der Waals surface area contributed by atoms with E-state index >= 15 is 0 Å². The van der Waals surface area contributed by atoms with Gasteiger partial charge in [-0.2, -0.15) is 8.42 Å². The fourth-order valence-electron chi connectivity index (χ4n) is 5.50. The Labute approximate surface area is 256 Å². The first-order valence-electron chi connectivity index (χ1n) is 14.2. The van der Waals surface area contributed by atoms with E-state index in [0.717, 1.165) is 61.5 Å². The first-order chi connectivity index (χ1) is 21.0. The van der Waals surface area contributed by atoms with Gasteiger partial charge in [0.25, 0.3) is 5.91 Å². The molecule has 3 heterocycles. The highest BCUT2D eigenvalue weighted by molar-refractivity contribution is 7.79. The Morgan fingerprint density at radius 2 is 1.77 bits per heavy atom. The quantitative estimate of drug-likeness (QED) is 0.227. The first kappa shape index (κ1) is 31.2. The van der Waals surface area contributed by atoms with Crippen LogP contribution in [0.1, 0.15) is 39.5 Å². The molecule has 2 aliphatic rings. The highest BCUT2D eigenvalue weighted by Crippen LogP contribution is 2.37. The van der Waals surface area contributed by atoms with Crippen molar-refractivity contribution in [3.63, 3.8) is 0 Å². The summed E-state index contributed by atoms with van der Waals surface area (Å²) in [6.07, 6.45) is 7.38. The van der Waals surface area contributed by atoms with Crippen LogP contribution in [0.15, 0.2) is 73.2 Å². The van der Waals surface area contributed by atoms with Gasteiger partial charge in [0.05, 0.1) is 5.69 Å². The van der Waals surface area contributed by atoms with E-state index in [1.807, 2.05) is 49.4 Å². The minimum absolute atomic E-state index is 0.106. The van der Waals surface area contributed by atoms with Crippen molar-refractivity contribution in [1.29, 1.82) is 0 Å². The summed E-state index contributed by atoms with van der Waals surface area (Å²) in [6.45, 7) is 6.44. The van der Waals surface area contributed by atoms with Crippen LogP contribution in [0.3, 0.4) is 0 Å². The summed E-state index contributed by atoms with van der Waals surface area (Å²) in [5.74, 6) is 0.377. The maximum Gasteiger partial charge on any atom is 0.394 e. The lowest BCUT2D eigenvalue weighted by atomic mass is 10.0. The number of carbonyl (C=O) groups is 1. The van der Waals surface area contributed by atoms with Crippen LogP contribution < -0.4 is 10.6 Å². The molecule has 0 unspecified atom stereocenters. The Hall–Kier alpha value is -4.27. The van der Waals surface area contributed by atoms with Crippen molar-refractivity contribution in [1.82, 2.24) is 24.8 Å². The molecule has 44 heavy (non-hydrogen) atoms. The van der Waals surface area contributed by atoms with Gasteiger partial charge in [0, 0.05) is 73.3 Å². The molecular weight excluding hydrogens is 582 g/mol. The highest BCUT2D eigenvalue weighted by atomic mass is 32.3. The molecule has 230 valence electrons. The molecule has 0 saturated carbocycles. The van der Waals surface area contributed by atoms with E-state index in [1.54, 1.807) is 18.6 Å². The predicted molar refractivity (Wildman–Crippen MR) is 168 cm³/mol. The summed E-state index contributed by atoms with van der Waals surface area (Å²) in [7, 11) is -2.48. The number of benzene rings is 2. The standard InChI is InChI=1S/C31H33N7O.H2O4S/c1-21-5-8-25(19-28(21)36-31-33-13-11-27(35-31)24-4-3-12-32-20-24)34-30(39)23-6-9-26-22(18-23)7-10-29(26)38-16-14-37(2)15-17-38;1-5(2,3)4/h3-6,8-9,11-13,18-20,29H,7,10,14-17H2,1-2H3,(H,34,39)(H,33,35,36);(H2,1,2,3,4)/t29-;/m0./s1. The van der Waals surface area contributed by atoms with Crippen molar-refractivity contribution >= 4 is 33.6 Å². The number of pyridine rings is 1. The lowest BCUT2D eigenvalue weighted by molar-refractivity contribution is 0.102. The number of piperazine rings is 1. The zero-order valence-corrected chi connectivity index (χ0v) is 25.3. The minimum Gasteiger partial charge on any atom is -0.324 e. The number of likely N-dealkylation sites (N-methyl/N-ethyl adjacent to an activating group) is 1. The molecule has 1 fully saturated rings. The van der Waals surface area contributed by atoms with Gasteiger partial charge in [-0.05, 0) is 86.0 Å². The molecule has 1 aliphatic carbocycles. The number of anilines is 3. The van der Waals surface area contributed by atoms with Gasteiger partial charge in [-0.25, -0.2) is 9.97 Å². The average molecular weight is 618 g/mol. The van der Waals surface area contributed by atoms with Gasteiger partial charge in [-0.15, -0.1) is 0 Å². The molecule has 1 aliphatic heterocycles. The molecule has 4 N–H and O–H groups in total. The van der Waals surface area contributed by atoms with Crippen molar-refractivity contribution in [2.45, 2.75) is 25.8 Å². The van der Waals surface area contributed by atoms with E-state index in [1.165, 1.54) is 11.1 Å². The summed E-state index contributed by atoms with van der Waals surface area (Å²) in [4.78, 5) is 31.4. The number of carbonyl (C=O) groups excluding carboxylic acids is 1. The molecule has 1 saturated heterocycles. The lowest BCUT2D eigenvalue weighted by Crippen LogP contribution is -2.45. The average Bonchev–Trinajstić information content (AvgIpc) is 3.42. The lowest BCUT2D eigenvalue weighted by Gasteiger charge is -2.36. The Morgan fingerprint density at radius 3 is 2.50 bits per heavy atom. The van der Waals surface area contributed by atoms with Crippen LogP contribution >= 0.6 is 0 Å². The van der Waals surface area contributed by atoms with Gasteiger partial charge in [-0.3, -0.25) is 23.8 Å². The topological polar surface area (TPSA) is 161 Å². The Balaban J connectivity index is 0.000000712. The van der Waals surface area contributed by atoms with Gasteiger partial charge in [-0.1, -0.05) is 12.1 Å². The van der Waals surface area contributed by atoms with Crippen LogP contribution in [0.25, 0.3) is 11.3 Å². The summed E-state index contributed by atoms with van der Waals surface area (Å²) in [5, 5.41) is 6.38. The minimum atomic E-state index is -4.67. The third kappa shape index (κ3) is 8.21. The third-order valence-corrected chi connectivity index (χ3v) is 7.78. The van der Waals surface area contributed by atoms with Gasteiger partial charge < -0.3 is 15.5 Å². The van der Waals surface area contributed by atoms with Gasteiger partial charge in [0.2, 0.25) is 5.95 Å². The number of aromatic nitrogens is 3. The number of fused-ring (bicyclic) bond motifs is 1. The van der Waals surface area contributed by atoms with E-state index < -0.39 is 10.4 Å². The number of hydrogen-bond donors (Lipinski definition) is 4. The van der Waals surface area contributed by atoms with Crippen LogP contribution in [0.2, 0.25) is 0 Å². The Morgan fingerprint density at radius 1 is 1.00 bits per heavy atom. The maximum atomic E-state index is 13.2. The molecule has 2 aromatic carbocycles. The molecule has 13 heteroatoms. The number of hydrogen-bond acceptors (Lipinski definition) is 9. The van der Waals surface area contributed by atoms with Crippen LogP contribution in [0, 0.1) is 6.92 Å². The monoisotopic (exact) mass is 617 g/mol. The second-order valence-corrected chi connectivity index (χ2v) is 11.8. The molecule has 0 bridgehead atoms. The third-order valence-electron chi connectivity index (χ3n) is 7.78. The van der Waals surface area contributed by atoms with Gasteiger partial charge in [0.1, 0.15) is 0 Å². The number of rotatable bonds is 6. The summed E-state index contributed by atoms with van der Waals surface area (Å²) in [5.41, 5.74) is 7.65. The van der Waals surface area contributed by atoms with Crippen LogP contribution in [-0.4, -0.2) is 81.4 Å². The van der Waals surface area contributed by atoms with Crippen molar-refractivity contribution in [2.24, 2.45) is 0 Å². The van der Waals surface area contributed by atoms with Crippen molar-refractivity contribution in [2.75, 3.05) is 43.9 Å². The van der Waals surface area contributed by atoms with Crippen LogP contribution in [-0.2, 0) is 16.8 Å². The van der Waals surface area contributed by atoms with E-state index in [2.05, 4.69) is 54.6 Å². The van der Waals surface area contributed by atoms with Crippen LogP contribution in [0.5, 0.6) is 0 Å². The number of nitrogens with one attached hydrogen (secondary N) is 2. The zero-order chi connectivity index (χ0) is 31.3. The summed E-state index contributed by atoms with van der Waals surface area (Å²) < 4.78 is 31.6. The van der Waals surface area contributed by atoms with Gasteiger partial charge >= 0.3 is 10.4 Å². The summed E-state index contributed by atoms with van der Waals surface area (Å²) >= 11 is 0. The predicted octanol–water partition coefficient (Wildman–Crippen LogP) is 4.42. The fourth-order valence-corrected chi connectivity index (χ4v) is 5.50. The van der Waals surface area contributed by atoms with Crippen molar-refractivity contribution in [3.8, 4) is 11.3 Å². The molecule has 1 amide bonds. The Kier molecular flexibility index (Phi) is 9.61. The number of amides is 1. The molecular formula is C31H35N7O5S. The van der Waals surface area contributed by atoms with Gasteiger partial charge in [0.15, 0.2) is 0 Å². The largest absolute Gasteiger partial charge is 0.394 e. The molecule has 0 radical (unpaired) electrons. The molecule has 12 nitrogen and oxygen atoms in total. The van der Waals surface area contributed by atoms with E-state index in [9.17, 15) is 4.79 Å². The maximum absolute atomic E-state index is 13.2. The van der Waals surface area contributed by atoms with E-state index in [0.29, 0.717) is 23.2 Å². The number of aryl methyl sites for hydroxylation is 2. The number of nitrogens with zero attached hydrogens (tertiary/aromatic N) is 5. The molecule has 1 atom stereocenters. The molecule has 2 aromatic heterocycles. The first-order valence-corrected chi connectivity index (χ1v) is 15.6. The smallest absolute Gasteiger partial charge is 0.324 e. The molecule has 6 rings (SSSR count). The normalized spacial score (nSPS) is 16.9. The molecule has 4 aromatic rings. The second kappa shape index (κ2) is 13.6. The van der Waals surface area contributed by atoms with Crippen molar-refractivity contribution < 1.29 is 22.3 Å². The van der Waals surface area contributed by atoms with E-state index in [-0.39, 0.29) is 5.91 Å². The molecule has 0 spiro atoms. The van der Waals surface area contributed by atoms with Crippen LogP contribution in [0.4, 0.5) is 17.3 Å². The fraction of sp³-hybridized carbons (Fsp3) is 0.290. The Bertz CT molecular complexity index is 1720.